The summed E-state index contributed by atoms with van der Waals surface area (Å²) in [6.07, 6.45) is 5.99. The molecule has 0 spiro atoms. The summed E-state index contributed by atoms with van der Waals surface area (Å²) in [6, 6.07) is 9.95. The van der Waals surface area contributed by atoms with E-state index in [1.54, 1.807) is 0 Å². The van der Waals surface area contributed by atoms with Crippen LogP contribution in [0.3, 0.4) is 0 Å². The van der Waals surface area contributed by atoms with Gasteiger partial charge >= 0.3 is 0 Å². The summed E-state index contributed by atoms with van der Waals surface area (Å²) in [5, 5.41) is 16.7. The number of aliphatic hydroxyl groups excluding tert-OH is 1. The van der Waals surface area contributed by atoms with Crippen LogP contribution in [0.2, 0.25) is 0 Å². The number of rotatable bonds is 5. The van der Waals surface area contributed by atoms with Gasteiger partial charge in [0.05, 0.1) is 11.1 Å². The molecule has 2 unspecified atom stereocenters. The van der Waals surface area contributed by atoms with E-state index >= 15 is 0 Å². The Hall–Kier alpha value is -2.66. The van der Waals surface area contributed by atoms with Gasteiger partial charge < -0.3 is 14.9 Å². The molecule has 2 atom stereocenters. The molecule has 2 aromatic rings. The first-order valence-corrected chi connectivity index (χ1v) is 9.39. The molecule has 1 aromatic carbocycles. The number of aryl methyl sites for hydroxylation is 2. The Morgan fingerprint density at radius 1 is 1.26 bits per heavy atom. The SMILES string of the molecule is Cc1noc(C)c1C1=CC=C2NC(=O)C(CCCO)(c3ccccc3)C2C1. The van der Waals surface area contributed by atoms with Gasteiger partial charge in [-0.05, 0) is 50.3 Å². The second-order valence-electron chi connectivity index (χ2n) is 7.39. The van der Waals surface area contributed by atoms with Crippen LogP contribution in [-0.4, -0.2) is 22.8 Å². The first-order valence-electron chi connectivity index (χ1n) is 9.39. The minimum atomic E-state index is -0.672. The number of aliphatic hydroxyl groups is 1. The number of hydrogen-bond donors (Lipinski definition) is 2. The van der Waals surface area contributed by atoms with Crippen LogP contribution in [0.5, 0.6) is 0 Å². The van der Waals surface area contributed by atoms with Gasteiger partial charge in [-0.2, -0.15) is 0 Å². The van der Waals surface area contributed by atoms with Gasteiger partial charge in [-0.1, -0.05) is 41.6 Å². The van der Waals surface area contributed by atoms with Gasteiger partial charge in [-0.25, -0.2) is 0 Å². The number of allylic oxidation sites excluding steroid dienone is 4. The fourth-order valence-corrected chi connectivity index (χ4v) is 4.66. The number of benzene rings is 1. The molecule has 0 bridgehead atoms. The van der Waals surface area contributed by atoms with Crippen molar-refractivity contribution in [1.29, 1.82) is 0 Å². The van der Waals surface area contributed by atoms with Crippen LogP contribution in [0.25, 0.3) is 5.57 Å². The lowest BCUT2D eigenvalue weighted by molar-refractivity contribution is -0.125. The Morgan fingerprint density at radius 2 is 2.04 bits per heavy atom. The highest BCUT2D eigenvalue weighted by molar-refractivity contribution is 5.95. The fraction of sp³-hybridized carbons (Fsp3) is 0.364. The number of nitrogens with one attached hydrogen (secondary N) is 1. The van der Waals surface area contributed by atoms with Crippen molar-refractivity contribution in [3.8, 4) is 0 Å². The van der Waals surface area contributed by atoms with E-state index in [1.165, 1.54) is 0 Å². The molecule has 1 aliphatic heterocycles. The lowest BCUT2D eigenvalue weighted by atomic mass is 9.65. The fourth-order valence-electron chi connectivity index (χ4n) is 4.66. The standard InChI is InChI=1S/C22H24N2O3/c1-14-20(15(2)27-24-14)16-9-10-19-18(13-16)22(11-6-12-25,21(26)23-19)17-7-4-3-5-8-17/h3-5,7-10,18,25H,6,11-13H2,1-2H3,(H,23,26). The summed E-state index contributed by atoms with van der Waals surface area (Å²) in [6.45, 7) is 3.93. The lowest BCUT2D eigenvalue weighted by Crippen LogP contribution is -2.40. The van der Waals surface area contributed by atoms with Crippen LogP contribution in [0.1, 0.15) is 41.8 Å². The van der Waals surface area contributed by atoms with Crippen LogP contribution in [0.4, 0.5) is 0 Å². The zero-order chi connectivity index (χ0) is 19.0. The molecule has 2 aliphatic rings. The van der Waals surface area contributed by atoms with Crippen LogP contribution >= 0.6 is 0 Å². The molecule has 1 amide bonds. The van der Waals surface area contributed by atoms with Crippen molar-refractivity contribution in [2.24, 2.45) is 5.92 Å². The molecule has 2 heterocycles. The highest BCUT2D eigenvalue weighted by Gasteiger charge is 2.54. The molecule has 4 rings (SSSR count). The Balaban J connectivity index is 1.79. The smallest absolute Gasteiger partial charge is 0.235 e. The van der Waals surface area contributed by atoms with Gasteiger partial charge in [0.25, 0.3) is 0 Å². The largest absolute Gasteiger partial charge is 0.396 e. The summed E-state index contributed by atoms with van der Waals surface area (Å²) in [4.78, 5) is 13.2. The third-order valence-electron chi connectivity index (χ3n) is 5.89. The second kappa shape index (κ2) is 6.82. The number of carbonyl (C=O) groups is 1. The molecule has 27 heavy (non-hydrogen) atoms. The lowest BCUT2D eigenvalue weighted by Gasteiger charge is -2.35. The molecule has 1 fully saturated rings. The van der Waals surface area contributed by atoms with Crippen LogP contribution in [0.15, 0.2) is 52.7 Å². The van der Waals surface area contributed by atoms with Gasteiger partial charge in [-0.15, -0.1) is 0 Å². The first-order chi connectivity index (χ1) is 13.1. The van der Waals surface area contributed by atoms with Crippen LogP contribution in [-0.2, 0) is 10.2 Å². The molecule has 5 heteroatoms. The van der Waals surface area contributed by atoms with Crippen molar-refractivity contribution < 1.29 is 14.4 Å². The van der Waals surface area contributed by atoms with E-state index in [0.717, 1.165) is 40.3 Å². The molecule has 140 valence electrons. The number of fused-ring (bicyclic) bond motifs is 1. The quantitative estimate of drug-likeness (QED) is 0.852. The Bertz CT molecular complexity index is 907. The summed E-state index contributed by atoms with van der Waals surface area (Å²) in [7, 11) is 0. The molecule has 1 saturated heterocycles. The van der Waals surface area contributed by atoms with E-state index in [2.05, 4.69) is 16.5 Å². The number of hydrogen-bond acceptors (Lipinski definition) is 4. The van der Waals surface area contributed by atoms with Crippen LogP contribution < -0.4 is 5.32 Å². The van der Waals surface area contributed by atoms with Crippen molar-refractivity contribution in [1.82, 2.24) is 10.5 Å². The molecular weight excluding hydrogens is 340 g/mol. The Labute approximate surface area is 158 Å². The highest BCUT2D eigenvalue weighted by atomic mass is 16.5. The minimum absolute atomic E-state index is 0.00708. The summed E-state index contributed by atoms with van der Waals surface area (Å²) in [5.74, 6) is 0.827. The molecular formula is C22H24N2O3. The predicted octanol–water partition coefficient (Wildman–Crippen LogP) is 3.42. The summed E-state index contributed by atoms with van der Waals surface area (Å²) < 4.78 is 5.36. The molecule has 1 aliphatic carbocycles. The normalized spacial score (nSPS) is 24.3. The first kappa shape index (κ1) is 17.7. The maximum atomic E-state index is 13.2. The highest BCUT2D eigenvalue weighted by Crippen LogP contribution is 2.50. The maximum absolute atomic E-state index is 13.2. The van der Waals surface area contributed by atoms with Crippen molar-refractivity contribution in [3.05, 3.63) is 70.8 Å². The monoisotopic (exact) mass is 364 g/mol. The molecule has 0 saturated carbocycles. The maximum Gasteiger partial charge on any atom is 0.235 e. The minimum Gasteiger partial charge on any atom is -0.396 e. The molecule has 5 nitrogen and oxygen atoms in total. The van der Waals surface area contributed by atoms with E-state index in [1.807, 2.05) is 50.3 Å². The molecule has 2 N–H and O–H groups in total. The van der Waals surface area contributed by atoms with Crippen LogP contribution in [0, 0.1) is 19.8 Å². The Morgan fingerprint density at radius 3 is 2.70 bits per heavy atom. The third-order valence-corrected chi connectivity index (χ3v) is 5.89. The van der Waals surface area contributed by atoms with Crippen molar-refractivity contribution >= 4 is 11.5 Å². The molecule has 0 radical (unpaired) electrons. The van der Waals surface area contributed by atoms with Gasteiger partial charge in [0.1, 0.15) is 5.76 Å². The van der Waals surface area contributed by atoms with E-state index in [-0.39, 0.29) is 18.4 Å². The van der Waals surface area contributed by atoms with Crippen molar-refractivity contribution in [2.45, 2.75) is 38.5 Å². The predicted molar refractivity (Wildman–Crippen MR) is 103 cm³/mol. The van der Waals surface area contributed by atoms with Gasteiger partial charge in [0, 0.05) is 23.8 Å². The van der Waals surface area contributed by atoms with Gasteiger partial charge in [0.2, 0.25) is 5.91 Å². The number of aromatic nitrogens is 1. The summed E-state index contributed by atoms with van der Waals surface area (Å²) in [5.41, 5.74) is 4.33. The zero-order valence-corrected chi connectivity index (χ0v) is 15.7. The second-order valence-corrected chi connectivity index (χ2v) is 7.39. The number of amides is 1. The van der Waals surface area contributed by atoms with Crippen molar-refractivity contribution in [2.75, 3.05) is 6.61 Å². The summed E-state index contributed by atoms with van der Waals surface area (Å²) >= 11 is 0. The zero-order valence-electron chi connectivity index (χ0n) is 15.7. The average molecular weight is 364 g/mol. The number of nitrogens with zero attached hydrogens (tertiary/aromatic N) is 1. The van der Waals surface area contributed by atoms with E-state index in [9.17, 15) is 9.90 Å². The molecule has 1 aromatic heterocycles. The van der Waals surface area contributed by atoms with Gasteiger partial charge in [0.15, 0.2) is 0 Å². The average Bonchev–Trinajstić information content (AvgIpc) is 3.16. The van der Waals surface area contributed by atoms with Crippen molar-refractivity contribution in [3.63, 3.8) is 0 Å². The topological polar surface area (TPSA) is 75.4 Å². The van der Waals surface area contributed by atoms with Gasteiger partial charge in [-0.3, -0.25) is 4.79 Å². The number of carbonyl (C=O) groups excluding carboxylic acids is 1. The van der Waals surface area contributed by atoms with E-state index in [4.69, 9.17) is 4.52 Å². The van der Waals surface area contributed by atoms with E-state index < -0.39 is 5.41 Å². The van der Waals surface area contributed by atoms with E-state index in [0.29, 0.717) is 12.8 Å². The third kappa shape index (κ3) is 2.73. The Kier molecular flexibility index (Phi) is 4.48.